The molecule has 1 aliphatic rings. The Labute approximate surface area is 179 Å². The maximum absolute atomic E-state index is 6.20. The molecule has 0 bridgehead atoms. The van der Waals surface area contributed by atoms with Gasteiger partial charge in [0.25, 0.3) is 0 Å². The predicted octanol–water partition coefficient (Wildman–Crippen LogP) is 3.51. The maximum atomic E-state index is 6.20. The van der Waals surface area contributed by atoms with Gasteiger partial charge in [0.05, 0.1) is 18.8 Å². The summed E-state index contributed by atoms with van der Waals surface area (Å²) < 4.78 is 5.78. The average Bonchev–Trinajstić information content (AvgIpc) is 2.57. The minimum absolute atomic E-state index is 0. The number of nitrogens with zero attached hydrogens (tertiary/aromatic N) is 2. The highest BCUT2D eigenvalue weighted by atomic mass is 127. The summed E-state index contributed by atoms with van der Waals surface area (Å²) in [7, 11) is 0. The molecule has 0 saturated carbocycles. The van der Waals surface area contributed by atoms with Gasteiger partial charge >= 0.3 is 0 Å². The van der Waals surface area contributed by atoms with Crippen molar-refractivity contribution in [2.75, 3.05) is 32.7 Å². The Balaban J connectivity index is 0.00000338. The molecule has 1 heterocycles. The number of ether oxygens (including phenoxy) is 1. The first-order chi connectivity index (χ1) is 12.1. The zero-order valence-corrected chi connectivity index (χ0v) is 19.1. The largest absolute Gasteiger partial charge is 0.373 e. The molecule has 26 heavy (non-hydrogen) atoms. The van der Waals surface area contributed by atoms with Crippen molar-refractivity contribution in [3.63, 3.8) is 0 Å². The third kappa shape index (κ3) is 8.41. The molecule has 2 N–H and O–H groups in total. The molecular weight excluding hydrogens is 463 g/mol. The van der Waals surface area contributed by atoms with E-state index in [1.807, 2.05) is 24.3 Å². The van der Waals surface area contributed by atoms with E-state index in [0.717, 1.165) is 55.7 Å². The predicted molar refractivity (Wildman–Crippen MR) is 121 cm³/mol. The van der Waals surface area contributed by atoms with Crippen LogP contribution < -0.4 is 10.6 Å². The molecule has 148 valence electrons. The number of guanidine groups is 1. The Morgan fingerprint density at radius 3 is 2.58 bits per heavy atom. The number of benzene rings is 1. The van der Waals surface area contributed by atoms with Gasteiger partial charge in [0, 0.05) is 37.7 Å². The second-order valence-corrected chi connectivity index (χ2v) is 6.99. The van der Waals surface area contributed by atoms with Crippen LogP contribution in [0.4, 0.5) is 0 Å². The lowest BCUT2D eigenvalue weighted by Crippen LogP contribution is -2.46. The molecular formula is C19H32ClIN4O. The van der Waals surface area contributed by atoms with Gasteiger partial charge in [-0.2, -0.15) is 0 Å². The molecule has 5 nitrogen and oxygen atoms in total. The standard InChI is InChI=1S/C19H31ClN4O.HI/c1-4-21-19(23-12-17-8-5-6-9-18(17)20)22-10-7-11-24-13-15(2)25-16(3)14-24;/h5-6,8-9,15-16H,4,7,10-14H2,1-3H3,(H2,21,22,23);1H. The van der Waals surface area contributed by atoms with Gasteiger partial charge in [-0.15, -0.1) is 24.0 Å². The highest BCUT2D eigenvalue weighted by Gasteiger charge is 2.21. The summed E-state index contributed by atoms with van der Waals surface area (Å²) in [6, 6.07) is 7.83. The van der Waals surface area contributed by atoms with Crippen LogP contribution in [0.15, 0.2) is 29.3 Å². The second-order valence-electron chi connectivity index (χ2n) is 6.58. The van der Waals surface area contributed by atoms with Crippen LogP contribution in [0.3, 0.4) is 0 Å². The van der Waals surface area contributed by atoms with Crippen LogP contribution in [0.1, 0.15) is 32.8 Å². The number of aliphatic imine (C=N–C) groups is 1. The molecule has 7 heteroatoms. The second kappa shape index (κ2) is 12.8. The van der Waals surface area contributed by atoms with Gasteiger partial charge in [-0.25, -0.2) is 4.99 Å². The van der Waals surface area contributed by atoms with Crippen molar-refractivity contribution in [1.82, 2.24) is 15.5 Å². The van der Waals surface area contributed by atoms with Gasteiger partial charge in [-0.1, -0.05) is 29.8 Å². The number of hydrogen-bond acceptors (Lipinski definition) is 3. The van der Waals surface area contributed by atoms with Crippen molar-refractivity contribution in [3.05, 3.63) is 34.9 Å². The number of hydrogen-bond donors (Lipinski definition) is 2. The molecule has 1 saturated heterocycles. The van der Waals surface area contributed by atoms with Crippen LogP contribution in [0, 0.1) is 0 Å². The number of nitrogens with one attached hydrogen (secondary N) is 2. The van der Waals surface area contributed by atoms with E-state index >= 15 is 0 Å². The van der Waals surface area contributed by atoms with E-state index in [9.17, 15) is 0 Å². The van der Waals surface area contributed by atoms with Gasteiger partial charge < -0.3 is 15.4 Å². The van der Waals surface area contributed by atoms with Crippen molar-refractivity contribution in [2.45, 2.75) is 45.9 Å². The smallest absolute Gasteiger partial charge is 0.191 e. The minimum atomic E-state index is 0. The lowest BCUT2D eigenvalue weighted by Gasteiger charge is -2.35. The summed E-state index contributed by atoms with van der Waals surface area (Å²) in [5.41, 5.74) is 1.04. The van der Waals surface area contributed by atoms with Gasteiger partial charge in [-0.3, -0.25) is 4.90 Å². The highest BCUT2D eigenvalue weighted by molar-refractivity contribution is 14.0. The third-order valence-corrected chi connectivity index (χ3v) is 4.52. The molecule has 0 aromatic heterocycles. The molecule has 0 spiro atoms. The van der Waals surface area contributed by atoms with Crippen LogP contribution >= 0.6 is 35.6 Å². The van der Waals surface area contributed by atoms with E-state index in [2.05, 4.69) is 41.3 Å². The van der Waals surface area contributed by atoms with Crippen molar-refractivity contribution < 1.29 is 4.74 Å². The van der Waals surface area contributed by atoms with E-state index in [1.165, 1.54) is 0 Å². The summed E-state index contributed by atoms with van der Waals surface area (Å²) in [5.74, 6) is 0.839. The fourth-order valence-corrected chi connectivity index (χ4v) is 3.30. The number of morpholine rings is 1. The fraction of sp³-hybridized carbons (Fsp3) is 0.632. The topological polar surface area (TPSA) is 48.9 Å². The molecule has 0 radical (unpaired) electrons. The van der Waals surface area contributed by atoms with Crippen LogP contribution in [0.5, 0.6) is 0 Å². The molecule has 1 aromatic carbocycles. The minimum Gasteiger partial charge on any atom is -0.373 e. The first kappa shape index (κ1) is 23.5. The summed E-state index contributed by atoms with van der Waals surface area (Å²) in [6.45, 7) is 11.8. The lowest BCUT2D eigenvalue weighted by atomic mass is 10.2. The van der Waals surface area contributed by atoms with E-state index in [0.29, 0.717) is 18.8 Å². The van der Waals surface area contributed by atoms with Crippen LogP contribution in [0.25, 0.3) is 0 Å². The zero-order chi connectivity index (χ0) is 18.1. The first-order valence-electron chi connectivity index (χ1n) is 9.22. The summed E-state index contributed by atoms with van der Waals surface area (Å²) in [6.07, 6.45) is 1.73. The van der Waals surface area contributed by atoms with Crippen molar-refractivity contribution in [1.29, 1.82) is 0 Å². The lowest BCUT2D eigenvalue weighted by molar-refractivity contribution is -0.0679. The van der Waals surface area contributed by atoms with Crippen LogP contribution in [-0.4, -0.2) is 55.8 Å². The molecule has 0 aliphatic carbocycles. The Bertz CT molecular complexity index is 548. The van der Waals surface area contributed by atoms with Crippen LogP contribution in [-0.2, 0) is 11.3 Å². The van der Waals surface area contributed by atoms with Crippen molar-refractivity contribution in [3.8, 4) is 0 Å². The highest BCUT2D eigenvalue weighted by Crippen LogP contribution is 2.15. The SMILES string of the molecule is CCNC(=NCc1ccccc1Cl)NCCCN1CC(C)OC(C)C1.I. The van der Waals surface area contributed by atoms with Crippen LogP contribution in [0.2, 0.25) is 5.02 Å². The maximum Gasteiger partial charge on any atom is 0.191 e. The molecule has 1 aromatic rings. The van der Waals surface area contributed by atoms with E-state index in [-0.39, 0.29) is 24.0 Å². The summed E-state index contributed by atoms with van der Waals surface area (Å²) in [5, 5.41) is 7.46. The molecule has 2 atom stereocenters. The Morgan fingerprint density at radius 2 is 1.92 bits per heavy atom. The van der Waals surface area contributed by atoms with Gasteiger partial charge in [0.1, 0.15) is 0 Å². The molecule has 1 fully saturated rings. The summed E-state index contributed by atoms with van der Waals surface area (Å²) in [4.78, 5) is 7.11. The fourth-order valence-electron chi connectivity index (χ4n) is 3.11. The number of rotatable bonds is 7. The quantitative estimate of drug-likeness (QED) is 0.264. The first-order valence-corrected chi connectivity index (χ1v) is 9.59. The molecule has 1 aliphatic heterocycles. The van der Waals surface area contributed by atoms with Crippen molar-refractivity contribution >= 4 is 41.5 Å². The monoisotopic (exact) mass is 494 g/mol. The van der Waals surface area contributed by atoms with E-state index in [4.69, 9.17) is 16.3 Å². The summed E-state index contributed by atoms with van der Waals surface area (Å²) >= 11 is 6.20. The van der Waals surface area contributed by atoms with Gasteiger partial charge in [-0.05, 0) is 38.8 Å². The third-order valence-electron chi connectivity index (χ3n) is 4.15. The van der Waals surface area contributed by atoms with E-state index in [1.54, 1.807) is 0 Å². The van der Waals surface area contributed by atoms with E-state index < -0.39 is 0 Å². The van der Waals surface area contributed by atoms with Gasteiger partial charge in [0.2, 0.25) is 0 Å². The Hall–Kier alpha value is -0.570. The molecule has 0 amide bonds. The Morgan fingerprint density at radius 1 is 1.23 bits per heavy atom. The average molecular weight is 495 g/mol. The molecule has 2 unspecified atom stereocenters. The van der Waals surface area contributed by atoms with Gasteiger partial charge in [0.15, 0.2) is 5.96 Å². The van der Waals surface area contributed by atoms with Crippen molar-refractivity contribution in [2.24, 2.45) is 4.99 Å². The zero-order valence-electron chi connectivity index (χ0n) is 16.0. The number of halogens is 2. The molecule has 2 rings (SSSR count). The Kier molecular flexibility index (Phi) is 11.5. The normalized spacial score (nSPS) is 21.2.